The molecule has 2 N–H and O–H groups in total. The minimum Gasteiger partial charge on any atom is -0.369 e. The van der Waals surface area contributed by atoms with Gasteiger partial charge in [0.1, 0.15) is 0 Å². The van der Waals surface area contributed by atoms with Gasteiger partial charge in [-0.15, -0.1) is 0 Å². The predicted octanol–water partition coefficient (Wildman–Crippen LogP) is 3.06. The minimum absolute atomic E-state index is 0.0282. The van der Waals surface area contributed by atoms with E-state index < -0.39 is 0 Å². The van der Waals surface area contributed by atoms with Crippen LogP contribution >= 0.6 is 0 Å². The van der Waals surface area contributed by atoms with Gasteiger partial charge in [0.05, 0.1) is 17.1 Å². The van der Waals surface area contributed by atoms with E-state index in [1.807, 2.05) is 61.5 Å². The van der Waals surface area contributed by atoms with E-state index in [0.717, 1.165) is 11.0 Å². The number of carbonyl (C=O) groups is 1. The van der Waals surface area contributed by atoms with Crippen molar-refractivity contribution in [2.24, 2.45) is 0 Å². The Balaban J connectivity index is 2.07. The number of hydrogen-bond donors (Lipinski definition) is 1. The van der Waals surface area contributed by atoms with Gasteiger partial charge in [0.25, 0.3) is 0 Å². The molecule has 4 heteroatoms. The van der Waals surface area contributed by atoms with Crippen LogP contribution in [-0.4, -0.2) is 15.3 Å². The number of ketones is 1. The van der Waals surface area contributed by atoms with Gasteiger partial charge in [0.15, 0.2) is 5.78 Å². The number of para-hydroxylation sites is 2. The molecule has 0 bridgehead atoms. The van der Waals surface area contributed by atoms with Gasteiger partial charge in [0, 0.05) is 5.56 Å². The maximum atomic E-state index is 12.5. The van der Waals surface area contributed by atoms with Gasteiger partial charge in [0.2, 0.25) is 5.95 Å². The van der Waals surface area contributed by atoms with Crippen molar-refractivity contribution in [3.05, 3.63) is 60.2 Å². The molecule has 1 heterocycles. The summed E-state index contributed by atoms with van der Waals surface area (Å²) in [5.41, 5.74) is 8.33. The van der Waals surface area contributed by atoms with E-state index in [1.54, 1.807) is 4.57 Å². The third-order valence-corrected chi connectivity index (χ3v) is 3.45. The number of imidazole rings is 1. The molecule has 1 atom stereocenters. The Morgan fingerprint density at radius 2 is 1.75 bits per heavy atom. The number of anilines is 1. The van der Waals surface area contributed by atoms with Crippen molar-refractivity contribution in [1.82, 2.24) is 9.55 Å². The number of rotatable bonds is 3. The molecule has 0 aliphatic rings. The van der Waals surface area contributed by atoms with Crippen molar-refractivity contribution in [3.8, 4) is 0 Å². The first kappa shape index (κ1) is 12.4. The van der Waals surface area contributed by atoms with E-state index in [9.17, 15) is 4.79 Å². The lowest BCUT2D eigenvalue weighted by molar-refractivity contribution is 0.0938. The van der Waals surface area contributed by atoms with Crippen LogP contribution in [0.15, 0.2) is 54.6 Å². The molecule has 0 aliphatic heterocycles. The van der Waals surface area contributed by atoms with Crippen LogP contribution in [0.4, 0.5) is 5.95 Å². The first-order valence-electron chi connectivity index (χ1n) is 6.50. The van der Waals surface area contributed by atoms with Gasteiger partial charge in [-0.3, -0.25) is 9.36 Å². The Hall–Kier alpha value is -2.62. The third kappa shape index (κ3) is 1.95. The van der Waals surface area contributed by atoms with E-state index in [-0.39, 0.29) is 11.8 Å². The molecule has 1 aromatic heterocycles. The standard InChI is InChI=1S/C16H15N3O/c1-11(15(20)12-7-3-2-4-8-12)19-14-10-6-5-9-13(14)18-16(19)17/h2-11H,1H3,(H2,17,18). The number of hydrogen-bond acceptors (Lipinski definition) is 3. The number of nitrogens with two attached hydrogens (primary N) is 1. The Kier molecular flexibility index (Phi) is 2.99. The second-order valence-electron chi connectivity index (χ2n) is 4.73. The number of carbonyl (C=O) groups excluding carboxylic acids is 1. The van der Waals surface area contributed by atoms with E-state index in [4.69, 9.17) is 5.73 Å². The number of aromatic nitrogens is 2. The third-order valence-electron chi connectivity index (χ3n) is 3.45. The number of benzene rings is 2. The molecule has 3 aromatic rings. The topological polar surface area (TPSA) is 60.9 Å². The van der Waals surface area contributed by atoms with Crippen LogP contribution in [0, 0.1) is 0 Å². The molecule has 1 unspecified atom stereocenters. The number of nitrogens with zero attached hydrogens (tertiary/aromatic N) is 2. The highest BCUT2D eigenvalue weighted by molar-refractivity contribution is 6.00. The zero-order chi connectivity index (χ0) is 14.1. The van der Waals surface area contributed by atoms with Crippen molar-refractivity contribution in [1.29, 1.82) is 0 Å². The first-order valence-corrected chi connectivity index (χ1v) is 6.50. The summed E-state index contributed by atoms with van der Waals surface area (Å²) in [6, 6.07) is 16.5. The van der Waals surface area contributed by atoms with Gasteiger partial charge < -0.3 is 5.73 Å². The number of fused-ring (bicyclic) bond motifs is 1. The molecule has 0 amide bonds. The number of nitrogen functional groups attached to an aromatic ring is 1. The molecule has 100 valence electrons. The molecular formula is C16H15N3O. The maximum absolute atomic E-state index is 12.5. The lowest BCUT2D eigenvalue weighted by atomic mass is 10.1. The Morgan fingerprint density at radius 3 is 2.50 bits per heavy atom. The van der Waals surface area contributed by atoms with Crippen molar-refractivity contribution < 1.29 is 4.79 Å². The van der Waals surface area contributed by atoms with Crippen LogP contribution in [0.5, 0.6) is 0 Å². The zero-order valence-corrected chi connectivity index (χ0v) is 11.2. The molecule has 4 nitrogen and oxygen atoms in total. The highest BCUT2D eigenvalue weighted by Crippen LogP contribution is 2.24. The summed E-state index contributed by atoms with van der Waals surface area (Å²) in [6.07, 6.45) is 0. The second-order valence-corrected chi connectivity index (χ2v) is 4.73. The van der Waals surface area contributed by atoms with E-state index >= 15 is 0 Å². The Bertz CT molecular complexity index is 762. The van der Waals surface area contributed by atoms with Crippen molar-refractivity contribution in [2.75, 3.05) is 5.73 Å². The summed E-state index contributed by atoms with van der Waals surface area (Å²) in [4.78, 5) is 16.8. The van der Waals surface area contributed by atoms with Crippen molar-refractivity contribution in [3.63, 3.8) is 0 Å². The van der Waals surface area contributed by atoms with Crippen molar-refractivity contribution in [2.45, 2.75) is 13.0 Å². The Morgan fingerprint density at radius 1 is 1.10 bits per heavy atom. The second kappa shape index (κ2) is 4.81. The molecule has 0 saturated carbocycles. The lowest BCUT2D eigenvalue weighted by Crippen LogP contribution is -2.18. The molecule has 0 radical (unpaired) electrons. The fourth-order valence-corrected chi connectivity index (χ4v) is 2.43. The van der Waals surface area contributed by atoms with Crippen LogP contribution in [-0.2, 0) is 0 Å². The number of Topliss-reactive ketones (excluding diaryl/α,β-unsaturated/α-hetero) is 1. The van der Waals surface area contributed by atoms with E-state index in [1.165, 1.54) is 0 Å². The highest BCUT2D eigenvalue weighted by atomic mass is 16.1. The van der Waals surface area contributed by atoms with Crippen LogP contribution in [0.1, 0.15) is 23.3 Å². The first-order chi connectivity index (χ1) is 9.68. The highest BCUT2D eigenvalue weighted by Gasteiger charge is 2.21. The molecule has 2 aromatic carbocycles. The fraction of sp³-hybridized carbons (Fsp3) is 0.125. The summed E-state index contributed by atoms with van der Waals surface area (Å²) in [5.74, 6) is 0.392. The fourth-order valence-electron chi connectivity index (χ4n) is 2.43. The summed E-state index contributed by atoms with van der Waals surface area (Å²) in [6.45, 7) is 1.85. The largest absolute Gasteiger partial charge is 0.369 e. The maximum Gasteiger partial charge on any atom is 0.201 e. The van der Waals surface area contributed by atoms with Crippen LogP contribution in [0.25, 0.3) is 11.0 Å². The smallest absolute Gasteiger partial charge is 0.201 e. The normalized spacial score (nSPS) is 12.4. The van der Waals surface area contributed by atoms with Gasteiger partial charge in [-0.2, -0.15) is 0 Å². The molecule has 3 rings (SSSR count). The monoisotopic (exact) mass is 265 g/mol. The lowest BCUT2D eigenvalue weighted by Gasteiger charge is -2.15. The quantitative estimate of drug-likeness (QED) is 0.740. The predicted molar refractivity (Wildman–Crippen MR) is 79.6 cm³/mol. The van der Waals surface area contributed by atoms with Gasteiger partial charge in [-0.25, -0.2) is 4.98 Å². The van der Waals surface area contributed by atoms with E-state index in [0.29, 0.717) is 11.5 Å². The van der Waals surface area contributed by atoms with E-state index in [2.05, 4.69) is 4.98 Å². The zero-order valence-electron chi connectivity index (χ0n) is 11.2. The summed E-state index contributed by atoms with van der Waals surface area (Å²) in [7, 11) is 0. The van der Waals surface area contributed by atoms with Crippen LogP contribution in [0.3, 0.4) is 0 Å². The molecule has 0 saturated heterocycles. The van der Waals surface area contributed by atoms with Crippen molar-refractivity contribution >= 4 is 22.8 Å². The molecule has 20 heavy (non-hydrogen) atoms. The SMILES string of the molecule is CC(C(=O)c1ccccc1)n1c(N)nc2ccccc21. The molecule has 0 aliphatic carbocycles. The van der Waals surface area contributed by atoms with Gasteiger partial charge in [-0.05, 0) is 19.1 Å². The summed E-state index contributed by atoms with van der Waals surface area (Å²) >= 11 is 0. The summed E-state index contributed by atoms with van der Waals surface area (Å²) < 4.78 is 1.78. The summed E-state index contributed by atoms with van der Waals surface area (Å²) in [5, 5.41) is 0. The van der Waals surface area contributed by atoms with Gasteiger partial charge >= 0.3 is 0 Å². The molecular weight excluding hydrogens is 250 g/mol. The van der Waals surface area contributed by atoms with Crippen LogP contribution in [0.2, 0.25) is 0 Å². The van der Waals surface area contributed by atoms with Crippen LogP contribution < -0.4 is 5.73 Å². The van der Waals surface area contributed by atoms with Gasteiger partial charge in [-0.1, -0.05) is 42.5 Å². The minimum atomic E-state index is -0.384. The Labute approximate surface area is 116 Å². The molecule has 0 spiro atoms. The average Bonchev–Trinajstić information content (AvgIpc) is 2.82. The average molecular weight is 265 g/mol. The molecule has 0 fully saturated rings.